The third-order valence-electron chi connectivity index (χ3n) is 3.19. The predicted octanol–water partition coefficient (Wildman–Crippen LogP) is 2.89. The van der Waals surface area contributed by atoms with Crippen molar-refractivity contribution in [2.45, 2.75) is 11.8 Å². The van der Waals surface area contributed by atoms with E-state index in [1.54, 1.807) is 36.9 Å². The van der Waals surface area contributed by atoms with Crippen LogP contribution in [-0.2, 0) is 10.0 Å². The molecule has 0 fully saturated rings. The number of carbonyl (C=O) groups is 1. The highest BCUT2D eigenvalue weighted by atomic mass is 32.2. The van der Waals surface area contributed by atoms with E-state index < -0.39 is 10.0 Å². The molecule has 0 radical (unpaired) electrons. The summed E-state index contributed by atoms with van der Waals surface area (Å²) in [5.74, 6) is 0.538. The molecule has 0 aliphatic heterocycles. The number of benzene rings is 2. The van der Waals surface area contributed by atoms with Gasteiger partial charge in [-0.3, -0.25) is 9.52 Å². The molecule has 0 heterocycles. The number of carbonyl (C=O) groups excluding carboxylic acids is 1. The largest absolute Gasteiger partial charge is 0.351 e. The smallest absolute Gasteiger partial charge is 0.251 e. The van der Waals surface area contributed by atoms with Gasteiger partial charge in [-0.1, -0.05) is 24.3 Å². The number of hydrogen-bond donors (Lipinski definition) is 2. The zero-order valence-corrected chi connectivity index (χ0v) is 15.2. The fourth-order valence-electron chi connectivity index (χ4n) is 2.03. The number of aryl methyl sites for hydroxylation is 1. The summed E-state index contributed by atoms with van der Waals surface area (Å²) in [6.45, 7) is 2.31. The number of hydrogen-bond acceptors (Lipinski definition) is 4. The van der Waals surface area contributed by atoms with E-state index in [0.29, 0.717) is 17.8 Å². The molecule has 24 heavy (non-hydrogen) atoms. The quantitative estimate of drug-likeness (QED) is 0.585. The van der Waals surface area contributed by atoms with Gasteiger partial charge in [-0.2, -0.15) is 0 Å². The molecule has 0 saturated heterocycles. The van der Waals surface area contributed by atoms with Crippen molar-refractivity contribution < 1.29 is 13.2 Å². The predicted molar refractivity (Wildman–Crippen MR) is 99.1 cm³/mol. The molecule has 2 aromatic carbocycles. The molecule has 2 N–H and O–H groups in total. The summed E-state index contributed by atoms with van der Waals surface area (Å²) >= 11 is 1.66. The van der Waals surface area contributed by atoms with Crippen LogP contribution in [0.4, 0.5) is 5.69 Å². The Hall–Kier alpha value is -1.99. The summed E-state index contributed by atoms with van der Waals surface area (Å²) in [6, 6.07) is 14.9. The van der Waals surface area contributed by atoms with Crippen LogP contribution >= 0.6 is 11.8 Å². The molecular formula is C17H20N2O3S2. The van der Waals surface area contributed by atoms with Gasteiger partial charge in [0, 0.05) is 22.8 Å². The molecule has 0 saturated carbocycles. The molecular weight excluding hydrogens is 344 g/mol. The minimum atomic E-state index is -3.38. The Balaban J connectivity index is 1.91. The number of nitrogens with one attached hydrogen (secondary N) is 2. The van der Waals surface area contributed by atoms with E-state index in [9.17, 15) is 13.2 Å². The van der Waals surface area contributed by atoms with Crippen molar-refractivity contribution in [3.8, 4) is 0 Å². The van der Waals surface area contributed by atoms with Crippen molar-refractivity contribution in [1.29, 1.82) is 0 Å². The van der Waals surface area contributed by atoms with Crippen molar-refractivity contribution in [2.75, 3.05) is 23.3 Å². The number of anilines is 1. The van der Waals surface area contributed by atoms with Gasteiger partial charge in [0.2, 0.25) is 10.0 Å². The fourth-order valence-corrected chi connectivity index (χ4v) is 3.43. The van der Waals surface area contributed by atoms with Crippen LogP contribution in [-0.4, -0.2) is 32.9 Å². The average Bonchev–Trinajstić information content (AvgIpc) is 2.53. The highest BCUT2D eigenvalue weighted by Gasteiger charge is 2.10. The molecule has 2 aromatic rings. The maximum atomic E-state index is 12.2. The van der Waals surface area contributed by atoms with Crippen LogP contribution in [0.15, 0.2) is 53.4 Å². The number of rotatable bonds is 7. The van der Waals surface area contributed by atoms with E-state index in [0.717, 1.165) is 22.5 Å². The molecule has 0 aliphatic rings. The zero-order valence-electron chi connectivity index (χ0n) is 13.6. The summed E-state index contributed by atoms with van der Waals surface area (Å²) < 4.78 is 25.2. The van der Waals surface area contributed by atoms with Gasteiger partial charge in [-0.05, 0) is 36.8 Å². The highest BCUT2D eigenvalue weighted by molar-refractivity contribution is 7.99. The van der Waals surface area contributed by atoms with Crippen LogP contribution in [0.2, 0.25) is 0 Å². The maximum absolute atomic E-state index is 12.2. The molecule has 0 atom stereocenters. The Morgan fingerprint density at radius 1 is 1.12 bits per heavy atom. The van der Waals surface area contributed by atoms with E-state index in [-0.39, 0.29) is 5.91 Å². The van der Waals surface area contributed by atoms with E-state index in [4.69, 9.17) is 0 Å². The Morgan fingerprint density at radius 3 is 2.50 bits per heavy atom. The first kappa shape index (κ1) is 18.4. The molecule has 5 nitrogen and oxygen atoms in total. The van der Waals surface area contributed by atoms with Crippen LogP contribution in [0.1, 0.15) is 15.9 Å². The van der Waals surface area contributed by atoms with Crippen molar-refractivity contribution in [1.82, 2.24) is 5.32 Å². The van der Waals surface area contributed by atoms with E-state index >= 15 is 0 Å². The molecule has 128 valence electrons. The lowest BCUT2D eigenvalue weighted by Crippen LogP contribution is -2.26. The first-order valence-electron chi connectivity index (χ1n) is 7.39. The lowest BCUT2D eigenvalue weighted by atomic mass is 10.1. The fraction of sp³-hybridized carbons (Fsp3) is 0.235. The molecule has 7 heteroatoms. The Bertz CT molecular complexity index is 806. The minimum Gasteiger partial charge on any atom is -0.351 e. The van der Waals surface area contributed by atoms with Crippen LogP contribution < -0.4 is 10.0 Å². The first-order valence-corrected chi connectivity index (χ1v) is 10.3. The van der Waals surface area contributed by atoms with Gasteiger partial charge >= 0.3 is 0 Å². The third kappa shape index (κ3) is 5.90. The lowest BCUT2D eigenvalue weighted by Gasteiger charge is -2.10. The summed E-state index contributed by atoms with van der Waals surface area (Å²) in [4.78, 5) is 13.3. The van der Waals surface area contributed by atoms with Crippen LogP contribution in [0.3, 0.4) is 0 Å². The summed E-state index contributed by atoms with van der Waals surface area (Å²) in [5, 5.41) is 2.84. The van der Waals surface area contributed by atoms with Crippen molar-refractivity contribution in [3.05, 3.63) is 59.7 Å². The van der Waals surface area contributed by atoms with Crippen LogP contribution in [0.5, 0.6) is 0 Å². The van der Waals surface area contributed by atoms with Gasteiger partial charge < -0.3 is 5.32 Å². The average molecular weight is 364 g/mol. The molecule has 1 amide bonds. The van der Waals surface area contributed by atoms with Gasteiger partial charge in [-0.25, -0.2) is 8.42 Å². The van der Waals surface area contributed by atoms with Gasteiger partial charge in [0.25, 0.3) is 5.91 Å². The van der Waals surface area contributed by atoms with Crippen LogP contribution in [0, 0.1) is 6.92 Å². The maximum Gasteiger partial charge on any atom is 0.251 e. The molecule has 0 aromatic heterocycles. The van der Waals surface area contributed by atoms with Crippen molar-refractivity contribution >= 4 is 33.4 Å². The van der Waals surface area contributed by atoms with Gasteiger partial charge in [-0.15, -0.1) is 11.8 Å². The Labute approximate surface area is 146 Å². The molecule has 0 unspecified atom stereocenters. The van der Waals surface area contributed by atoms with Gasteiger partial charge in [0.1, 0.15) is 0 Å². The van der Waals surface area contributed by atoms with Crippen LogP contribution in [0.25, 0.3) is 0 Å². The monoisotopic (exact) mass is 364 g/mol. The van der Waals surface area contributed by atoms with Gasteiger partial charge in [0.15, 0.2) is 0 Å². The molecule has 0 spiro atoms. The SMILES string of the molecule is Cc1ccc(C(=O)NCCSc2ccccc2)cc1NS(C)(=O)=O. The normalized spacial score (nSPS) is 11.1. The minimum absolute atomic E-state index is 0.222. The highest BCUT2D eigenvalue weighted by Crippen LogP contribution is 2.18. The number of thioether (sulfide) groups is 1. The van der Waals surface area contributed by atoms with Gasteiger partial charge in [0.05, 0.1) is 11.9 Å². The second kappa shape index (κ2) is 8.21. The molecule has 0 bridgehead atoms. The topological polar surface area (TPSA) is 75.3 Å². The first-order chi connectivity index (χ1) is 11.3. The number of amides is 1. The summed E-state index contributed by atoms with van der Waals surface area (Å²) in [6.07, 6.45) is 1.08. The summed E-state index contributed by atoms with van der Waals surface area (Å²) in [5.41, 5.74) is 1.61. The Kier molecular flexibility index (Phi) is 6.28. The third-order valence-corrected chi connectivity index (χ3v) is 4.80. The second-order valence-corrected chi connectivity index (χ2v) is 8.24. The zero-order chi connectivity index (χ0) is 17.6. The van der Waals surface area contributed by atoms with Crippen molar-refractivity contribution in [3.63, 3.8) is 0 Å². The lowest BCUT2D eigenvalue weighted by molar-refractivity contribution is 0.0956. The molecule has 2 rings (SSSR count). The van der Waals surface area contributed by atoms with Crippen molar-refractivity contribution in [2.24, 2.45) is 0 Å². The second-order valence-electron chi connectivity index (χ2n) is 5.32. The standard InChI is InChI=1S/C17H20N2O3S2/c1-13-8-9-14(12-16(13)19-24(2,21)22)17(20)18-10-11-23-15-6-4-3-5-7-15/h3-9,12,19H,10-11H2,1-2H3,(H,18,20). The number of sulfonamides is 1. The van der Waals surface area contributed by atoms with E-state index in [1.165, 1.54) is 0 Å². The van der Waals surface area contributed by atoms with E-state index in [2.05, 4.69) is 10.0 Å². The Morgan fingerprint density at radius 2 is 1.83 bits per heavy atom. The van der Waals surface area contributed by atoms with E-state index in [1.807, 2.05) is 30.3 Å². The molecule has 0 aliphatic carbocycles. The summed E-state index contributed by atoms with van der Waals surface area (Å²) in [7, 11) is -3.38.